The van der Waals surface area contributed by atoms with E-state index in [0.717, 1.165) is 24.1 Å². The molecule has 1 heterocycles. The second kappa shape index (κ2) is 9.48. The van der Waals surface area contributed by atoms with Crippen molar-refractivity contribution in [1.82, 2.24) is 4.90 Å². The molecule has 0 bridgehead atoms. The van der Waals surface area contributed by atoms with Crippen LogP contribution in [-0.2, 0) is 0 Å². The van der Waals surface area contributed by atoms with Crippen molar-refractivity contribution in [3.05, 3.63) is 52.0 Å². The lowest BCUT2D eigenvalue weighted by molar-refractivity contribution is 0.418. The summed E-state index contributed by atoms with van der Waals surface area (Å²) in [6, 6.07) is 6.35. The summed E-state index contributed by atoms with van der Waals surface area (Å²) in [7, 11) is 2.17. The zero-order valence-corrected chi connectivity index (χ0v) is 15.9. The smallest absolute Gasteiger partial charge is 0.143 e. The number of hydrogen-bond acceptors (Lipinski definition) is 4. The first-order valence-electron chi connectivity index (χ1n) is 7.61. The summed E-state index contributed by atoms with van der Waals surface area (Å²) in [5.41, 5.74) is 0.502. The van der Waals surface area contributed by atoms with Crippen LogP contribution in [0.1, 0.15) is 12.8 Å². The number of nitrogens with one attached hydrogen (secondary N) is 1. The fraction of sp³-hybridized carbons (Fsp3) is 0.294. The number of likely N-dealkylation sites (tertiary alicyclic amines) is 1. The lowest BCUT2D eigenvalue weighted by Crippen LogP contribution is -2.10. The second-order valence-corrected chi connectivity index (χ2v) is 7.24. The highest BCUT2D eigenvalue weighted by atomic mass is 35.5. The van der Waals surface area contributed by atoms with Gasteiger partial charge in [0, 0.05) is 11.8 Å². The van der Waals surface area contributed by atoms with Crippen LogP contribution >= 0.6 is 35.1 Å². The Morgan fingerprint density at radius 1 is 1.04 bits per heavy atom. The summed E-state index contributed by atoms with van der Waals surface area (Å²) < 4.78 is 29.5. The number of hydrogen-bond donors (Lipinski definition) is 2. The molecule has 2 aromatic carbocycles. The van der Waals surface area contributed by atoms with E-state index in [1.807, 2.05) is 0 Å². The number of phenols is 1. The lowest BCUT2D eigenvalue weighted by atomic mass is 10.3. The molecule has 0 spiro atoms. The van der Waals surface area contributed by atoms with Crippen molar-refractivity contribution in [3.8, 4) is 5.75 Å². The van der Waals surface area contributed by atoms with Gasteiger partial charge in [-0.15, -0.1) is 0 Å². The maximum atomic E-state index is 13.5. The minimum Gasteiger partial charge on any atom is -0.506 e. The molecule has 0 unspecified atom stereocenters. The number of anilines is 1. The number of nitrogens with zero attached hydrogens (tertiary/aromatic N) is 1. The van der Waals surface area contributed by atoms with E-state index in [1.165, 1.54) is 38.1 Å². The molecule has 1 saturated heterocycles. The van der Waals surface area contributed by atoms with Crippen LogP contribution in [-0.4, -0.2) is 30.1 Å². The molecule has 0 saturated carbocycles. The molecule has 25 heavy (non-hydrogen) atoms. The monoisotopic (exact) mass is 406 g/mol. The Morgan fingerprint density at radius 3 is 2.28 bits per heavy atom. The van der Waals surface area contributed by atoms with Gasteiger partial charge in [0.2, 0.25) is 0 Å². The Labute approximate surface area is 160 Å². The molecule has 0 amide bonds. The van der Waals surface area contributed by atoms with E-state index in [2.05, 4.69) is 16.7 Å². The van der Waals surface area contributed by atoms with E-state index in [1.54, 1.807) is 6.07 Å². The van der Waals surface area contributed by atoms with Crippen molar-refractivity contribution in [1.29, 1.82) is 0 Å². The van der Waals surface area contributed by atoms with E-state index < -0.39 is 11.6 Å². The summed E-state index contributed by atoms with van der Waals surface area (Å²) in [5, 5.41) is 9.34. The third-order valence-electron chi connectivity index (χ3n) is 3.53. The summed E-state index contributed by atoms with van der Waals surface area (Å²) in [4.78, 5) is 2.41. The average Bonchev–Trinajstić information content (AvgIpc) is 3.04. The molecule has 1 aliphatic rings. The maximum absolute atomic E-state index is 13.5. The second-order valence-electron chi connectivity index (χ2n) is 5.58. The summed E-state index contributed by atoms with van der Waals surface area (Å²) in [6.07, 6.45) is 2.83. The van der Waals surface area contributed by atoms with Crippen LogP contribution in [0.5, 0.6) is 5.75 Å². The Balaban J connectivity index is 0.000000316. The zero-order valence-electron chi connectivity index (χ0n) is 13.5. The first-order valence-corrected chi connectivity index (χ1v) is 9.18. The summed E-state index contributed by atoms with van der Waals surface area (Å²) in [6.45, 7) is 2.64. The number of rotatable bonds is 3. The van der Waals surface area contributed by atoms with Gasteiger partial charge < -0.3 is 14.7 Å². The zero-order chi connectivity index (χ0) is 18.4. The molecule has 8 heteroatoms. The van der Waals surface area contributed by atoms with E-state index in [4.69, 9.17) is 23.2 Å². The SMILES string of the molecule is CN1CCCC1.Oc1cc(NSc2cc(F)c(Cl)cc2F)ccc1Cl. The van der Waals surface area contributed by atoms with Crippen LogP contribution in [0.4, 0.5) is 14.5 Å². The fourth-order valence-corrected chi connectivity index (χ4v) is 3.09. The van der Waals surface area contributed by atoms with Gasteiger partial charge in [-0.3, -0.25) is 0 Å². The van der Waals surface area contributed by atoms with Gasteiger partial charge in [-0.25, -0.2) is 8.78 Å². The average molecular weight is 407 g/mol. The maximum Gasteiger partial charge on any atom is 0.143 e. The Kier molecular flexibility index (Phi) is 7.62. The van der Waals surface area contributed by atoms with E-state index >= 15 is 0 Å². The summed E-state index contributed by atoms with van der Waals surface area (Å²) >= 11 is 12.0. The molecular weight excluding hydrogens is 389 g/mol. The highest BCUT2D eigenvalue weighted by molar-refractivity contribution is 8.00. The number of benzene rings is 2. The van der Waals surface area contributed by atoms with Gasteiger partial charge >= 0.3 is 0 Å². The number of phenolic OH excluding ortho intramolecular Hbond substituents is 1. The molecule has 3 nitrogen and oxygen atoms in total. The van der Waals surface area contributed by atoms with Gasteiger partial charge in [-0.05, 0) is 69.2 Å². The number of aromatic hydroxyl groups is 1. The van der Waals surface area contributed by atoms with Crippen LogP contribution in [0.3, 0.4) is 0 Å². The first-order chi connectivity index (χ1) is 11.9. The molecule has 0 atom stereocenters. The largest absolute Gasteiger partial charge is 0.506 e. The predicted octanol–water partition coefficient (Wildman–Crippen LogP) is 5.81. The van der Waals surface area contributed by atoms with Crippen molar-refractivity contribution < 1.29 is 13.9 Å². The minimum absolute atomic E-state index is 0.0522. The van der Waals surface area contributed by atoms with E-state index in [-0.39, 0.29) is 20.7 Å². The van der Waals surface area contributed by atoms with Crippen LogP contribution in [0.2, 0.25) is 10.0 Å². The van der Waals surface area contributed by atoms with Crippen molar-refractivity contribution in [3.63, 3.8) is 0 Å². The van der Waals surface area contributed by atoms with Gasteiger partial charge in [0.15, 0.2) is 0 Å². The standard InChI is InChI=1S/C12H7Cl2F2NOS.C5H11N/c13-7-2-1-6(3-11(7)18)17-19-12-5-9(15)8(14)4-10(12)16;1-6-4-2-3-5-6/h1-5,17-18H;2-5H2,1H3. The van der Waals surface area contributed by atoms with Crippen LogP contribution in [0, 0.1) is 11.6 Å². The summed E-state index contributed by atoms with van der Waals surface area (Å²) in [5.74, 6) is -1.44. The van der Waals surface area contributed by atoms with Crippen molar-refractivity contribution in [2.75, 3.05) is 24.9 Å². The lowest BCUT2D eigenvalue weighted by Gasteiger charge is -2.08. The quantitative estimate of drug-likeness (QED) is 0.497. The highest BCUT2D eigenvalue weighted by Crippen LogP contribution is 2.31. The molecule has 2 aromatic rings. The highest BCUT2D eigenvalue weighted by Gasteiger charge is 2.10. The Hall–Kier alpha value is -1.21. The van der Waals surface area contributed by atoms with Gasteiger partial charge in [0.25, 0.3) is 0 Å². The molecule has 1 aliphatic heterocycles. The molecule has 136 valence electrons. The van der Waals surface area contributed by atoms with Crippen LogP contribution in [0.25, 0.3) is 0 Å². The van der Waals surface area contributed by atoms with Gasteiger partial charge in [0.1, 0.15) is 17.4 Å². The Morgan fingerprint density at radius 2 is 1.72 bits per heavy atom. The van der Waals surface area contributed by atoms with Gasteiger partial charge in [-0.1, -0.05) is 23.2 Å². The van der Waals surface area contributed by atoms with Gasteiger partial charge in [0.05, 0.1) is 14.9 Å². The normalized spacial score (nSPS) is 14.1. The minimum atomic E-state index is -0.702. The van der Waals surface area contributed by atoms with Crippen molar-refractivity contribution in [2.24, 2.45) is 0 Å². The molecule has 0 radical (unpaired) electrons. The van der Waals surface area contributed by atoms with Crippen LogP contribution < -0.4 is 4.72 Å². The van der Waals surface area contributed by atoms with E-state index in [0.29, 0.717) is 5.69 Å². The molecule has 2 N–H and O–H groups in total. The first kappa shape index (κ1) is 20.1. The van der Waals surface area contributed by atoms with Crippen molar-refractivity contribution in [2.45, 2.75) is 17.7 Å². The Bertz CT molecular complexity index is 728. The fourth-order valence-electron chi connectivity index (χ4n) is 2.15. The third-order valence-corrected chi connectivity index (χ3v) is 5.01. The molecular formula is C17H18Cl2F2N2OS. The van der Waals surface area contributed by atoms with E-state index in [9.17, 15) is 13.9 Å². The molecule has 0 aliphatic carbocycles. The number of halogens is 4. The topological polar surface area (TPSA) is 35.5 Å². The third kappa shape index (κ3) is 6.22. The van der Waals surface area contributed by atoms with Crippen molar-refractivity contribution >= 4 is 40.8 Å². The van der Waals surface area contributed by atoms with Gasteiger partial charge in [-0.2, -0.15) is 0 Å². The molecule has 1 fully saturated rings. The van der Waals surface area contributed by atoms with Crippen LogP contribution in [0.15, 0.2) is 35.2 Å². The predicted molar refractivity (Wildman–Crippen MR) is 101 cm³/mol. The molecule has 3 rings (SSSR count). The molecule has 0 aromatic heterocycles.